The second kappa shape index (κ2) is 7.05. The van der Waals surface area contributed by atoms with E-state index in [0.717, 1.165) is 47.0 Å². The average molecular weight is 404 g/mol. The van der Waals surface area contributed by atoms with E-state index in [-0.39, 0.29) is 5.91 Å². The smallest absolute Gasteiger partial charge is 0.254 e. The Labute approximate surface area is 137 Å². The van der Waals surface area contributed by atoms with E-state index in [4.69, 9.17) is 0 Å². The number of amides is 1. The minimum Gasteiger partial charge on any atom is -0.339 e. The summed E-state index contributed by atoms with van der Waals surface area (Å²) in [6.07, 6.45) is 2.12. The van der Waals surface area contributed by atoms with E-state index in [2.05, 4.69) is 43.7 Å². The van der Waals surface area contributed by atoms with Gasteiger partial charge in [-0.25, -0.2) is 0 Å². The number of nitrogens with zero attached hydrogens (tertiary/aromatic N) is 2. The molecule has 110 valence electrons. The molecule has 0 radical (unpaired) electrons. The summed E-state index contributed by atoms with van der Waals surface area (Å²) in [5.74, 6) is 0.0966. The molecule has 0 unspecified atom stereocenters. The molecule has 5 heteroatoms. The first kappa shape index (κ1) is 16.0. The highest BCUT2D eigenvalue weighted by Gasteiger charge is 2.26. The molecule has 3 nitrogen and oxygen atoms in total. The zero-order valence-corrected chi connectivity index (χ0v) is 15.1. The van der Waals surface area contributed by atoms with Crippen molar-refractivity contribution in [2.24, 2.45) is 0 Å². The summed E-state index contributed by atoms with van der Waals surface area (Å²) in [5.41, 5.74) is 0.730. The summed E-state index contributed by atoms with van der Waals surface area (Å²) >= 11 is 6.89. The molecule has 0 aliphatic carbocycles. The van der Waals surface area contributed by atoms with Crippen LogP contribution in [0.25, 0.3) is 0 Å². The number of rotatable bonds is 3. The van der Waals surface area contributed by atoms with E-state index in [0.29, 0.717) is 6.04 Å². The van der Waals surface area contributed by atoms with Crippen LogP contribution in [0.3, 0.4) is 0 Å². The van der Waals surface area contributed by atoms with Crippen molar-refractivity contribution in [2.75, 3.05) is 26.7 Å². The summed E-state index contributed by atoms with van der Waals surface area (Å²) in [5, 5.41) is 0. The fraction of sp³-hybridized carbons (Fsp3) is 0.533. The van der Waals surface area contributed by atoms with Crippen molar-refractivity contribution in [3.05, 3.63) is 32.7 Å². The largest absolute Gasteiger partial charge is 0.339 e. The van der Waals surface area contributed by atoms with Gasteiger partial charge in [-0.05, 0) is 53.5 Å². The van der Waals surface area contributed by atoms with Gasteiger partial charge >= 0.3 is 0 Å². The molecule has 0 spiro atoms. The predicted molar refractivity (Wildman–Crippen MR) is 89.1 cm³/mol. The molecule has 20 heavy (non-hydrogen) atoms. The maximum Gasteiger partial charge on any atom is 0.254 e. The first-order valence-corrected chi connectivity index (χ1v) is 8.56. The van der Waals surface area contributed by atoms with Crippen molar-refractivity contribution >= 4 is 37.8 Å². The van der Waals surface area contributed by atoms with Crippen LogP contribution >= 0.6 is 31.9 Å². The minimum absolute atomic E-state index is 0.0966. The molecule has 0 N–H and O–H groups in total. The maximum atomic E-state index is 12.6. The monoisotopic (exact) mass is 402 g/mol. The third-order valence-electron chi connectivity index (χ3n) is 4.03. The molecular weight excluding hydrogens is 384 g/mol. The van der Waals surface area contributed by atoms with E-state index < -0.39 is 0 Å². The van der Waals surface area contributed by atoms with E-state index in [9.17, 15) is 4.79 Å². The van der Waals surface area contributed by atoms with Gasteiger partial charge in [0.05, 0.1) is 5.56 Å². The summed E-state index contributed by atoms with van der Waals surface area (Å²) in [7, 11) is 1.92. The molecule has 1 amide bonds. The summed E-state index contributed by atoms with van der Waals surface area (Å²) in [6.45, 7) is 5.46. The molecule has 0 aromatic heterocycles. The Morgan fingerprint density at radius 1 is 1.35 bits per heavy atom. The molecule has 1 aliphatic heterocycles. The van der Waals surface area contributed by atoms with Crippen LogP contribution in [0, 0.1) is 0 Å². The summed E-state index contributed by atoms with van der Waals surface area (Å²) in [4.78, 5) is 16.9. The highest BCUT2D eigenvalue weighted by molar-refractivity contribution is 9.11. The summed E-state index contributed by atoms with van der Waals surface area (Å²) in [6, 6.07) is 6.04. The number of hydrogen-bond donors (Lipinski definition) is 0. The fourth-order valence-corrected chi connectivity index (χ4v) is 3.86. The fourth-order valence-electron chi connectivity index (χ4n) is 2.64. The van der Waals surface area contributed by atoms with Crippen LogP contribution in [0.2, 0.25) is 0 Å². The number of likely N-dealkylation sites (tertiary alicyclic amines) is 1. The highest BCUT2D eigenvalue weighted by atomic mass is 79.9. The standard InChI is InChI=1S/C15H20Br2N2O/c1-3-19-8-6-12(7-9-19)18(2)15(20)13-5-4-11(16)10-14(13)17/h4-5,10,12H,3,6-9H2,1-2H3. The Balaban J connectivity index is 2.05. The van der Waals surface area contributed by atoms with Crippen molar-refractivity contribution in [2.45, 2.75) is 25.8 Å². The van der Waals surface area contributed by atoms with E-state index in [1.165, 1.54) is 0 Å². The Hall–Kier alpha value is -0.390. The van der Waals surface area contributed by atoms with Crippen LogP contribution in [0.1, 0.15) is 30.1 Å². The van der Waals surface area contributed by atoms with Crippen molar-refractivity contribution in [3.8, 4) is 0 Å². The molecule has 0 atom stereocenters. The van der Waals surface area contributed by atoms with Crippen molar-refractivity contribution in [1.29, 1.82) is 0 Å². The maximum absolute atomic E-state index is 12.6. The van der Waals surface area contributed by atoms with Crippen LogP contribution in [-0.2, 0) is 0 Å². The molecule has 1 fully saturated rings. The normalized spacial score (nSPS) is 17.2. The lowest BCUT2D eigenvalue weighted by molar-refractivity contribution is 0.0646. The van der Waals surface area contributed by atoms with Gasteiger partial charge in [-0.2, -0.15) is 0 Å². The SMILES string of the molecule is CCN1CCC(N(C)C(=O)c2ccc(Br)cc2Br)CC1. The summed E-state index contributed by atoms with van der Waals surface area (Å²) < 4.78 is 1.81. The Morgan fingerprint density at radius 2 is 2.00 bits per heavy atom. The van der Waals surface area contributed by atoms with Gasteiger partial charge in [0.2, 0.25) is 0 Å². The van der Waals surface area contributed by atoms with Crippen LogP contribution < -0.4 is 0 Å². The van der Waals surface area contributed by atoms with Gasteiger partial charge < -0.3 is 9.80 Å². The molecule has 1 aromatic rings. The second-order valence-electron chi connectivity index (χ2n) is 5.21. The van der Waals surface area contributed by atoms with Gasteiger partial charge in [0.1, 0.15) is 0 Å². The van der Waals surface area contributed by atoms with Crippen LogP contribution in [0.15, 0.2) is 27.1 Å². The molecule has 1 aromatic carbocycles. The highest BCUT2D eigenvalue weighted by Crippen LogP contribution is 2.25. The lowest BCUT2D eigenvalue weighted by atomic mass is 10.0. The third-order valence-corrected chi connectivity index (χ3v) is 5.18. The molecule has 1 heterocycles. The van der Waals surface area contributed by atoms with Crippen LogP contribution in [0.4, 0.5) is 0 Å². The van der Waals surface area contributed by atoms with Gasteiger partial charge in [-0.15, -0.1) is 0 Å². The lowest BCUT2D eigenvalue weighted by Gasteiger charge is -2.36. The van der Waals surface area contributed by atoms with Gasteiger partial charge in [0, 0.05) is 35.1 Å². The van der Waals surface area contributed by atoms with E-state index in [1.54, 1.807) is 0 Å². The molecular formula is C15H20Br2N2O. The Morgan fingerprint density at radius 3 is 2.55 bits per heavy atom. The zero-order valence-electron chi connectivity index (χ0n) is 11.9. The number of carbonyl (C=O) groups excluding carboxylic acids is 1. The average Bonchev–Trinajstić information content (AvgIpc) is 2.46. The van der Waals surface area contributed by atoms with Crippen LogP contribution in [0.5, 0.6) is 0 Å². The van der Waals surface area contributed by atoms with Crippen molar-refractivity contribution in [3.63, 3.8) is 0 Å². The second-order valence-corrected chi connectivity index (χ2v) is 6.98. The number of benzene rings is 1. The van der Waals surface area contributed by atoms with Gasteiger partial charge in [0.15, 0.2) is 0 Å². The number of piperidine rings is 1. The van der Waals surface area contributed by atoms with Gasteiger partial charge in [-0.1, -0.05) is 22.9 Å². The van der Waals surface area contributed by atoms with Crippen molar-refractivity contribution < 1.29 is 4.79 Å². The van der Waals surface area contributed by atoms with Gasteiger partial charge in [-0.3, -0.25) is 4.79 Å². The molecule has 0 bridgehead atoms. The Bertz CT molecular complexity index is 485. The van der Waals surface area contributed by atoms with E-state index >= 15 is 0 Å². The van der Waals surface area contributed by atoms with Crippen molar-refractivity contribution in [1.82, 2.24) is 9.80 Å². The van der Waals surface area contributed by atoms with Crippen LogP contribution in [-0.4, -0.2) is 48.4 Å². The molecule has 0 saturated carbocycles. The molecule has 1 saturated heterocycles. The quantitative estimate of drug-likeness (QED) is 0.766. The Kier molecular flexibility index (Phi) is 5.64. The number of hydrogen-bond acceptors (Lipinski definition) is 2. The minimum atomic E-state index is 0.0966. The first-order valence-electron chi connectivity index (χ1n) is 6.97. The lowest BCUT2D eigenvalue weighted by Crippen LogP contribution is -2.45. The molecule has 1 aliphatic rings. The number of carbonyl (C=O) groups is 1. The first-order chi connectivity index (χ1) is 9.52. The van der Waals surface area contributed by atoms with E-state index in [1.807, 2.05) is 30.1 Å². The topological polar surface area (TPSA) is 23.6 Å². The zero-order chi connectivity index (χ0) is 14.7. The third kappa shape index (κ3) is 3.62. The molecule has 2 rings (SSSR count). The van der Waals surface area contributed by atoms with Gasteiger partial charge in [0.25, 0.3) is 5.91 Å². The number of halogens is 2. The predicted octanol–water partition coefficient (Wildman–Crippen LogP) is 3.77.